The minimum absolute atomic E-state index is 0.00491. The summed E-state index contributed by atoms with van der Waals surface area (Å²) >= 11 is 0. The first-order chi connectivity index (χ1) is 5.16. The maximum atomic E-state index is 11.0. The summed E-state index contributed by atoms with van der Waals surface area (Å²) in [4.78, 5) is 11.0. The number of nitrogens with one attached hydrogen (secondary N) is 1. The second kappa shape index (κ2) is 3.22. The minimum atomic E-state index is -0.00491. The summed E-state index contributed by atoms with van der Waals surface area (Å²) in [5, 5.41) is 2.93. The van der Waals surface area contributed by atoms with Crippen LogP contribution in [0.15, 0.2) is 0 Å². The highest BCUT2D eigenvalue weighted by molar-refractivity contribution is 5.78. The van der Waals surface area contributed by atoms with Crippen molar-refractivity contribution in [2.24, 2.45) is 0 Å². The van der Waals surface area contributed by atoms with Gasteiger partial charge in [0.05, 0.1) is 0 Å². The Morgan fingerprint density at radius 2 is 2.27 bits per heavy atom. The molecule has 1 aliphatic rings. The van der Waals surface area contributed by atoms with Crippen molar-refractivity contribution in [3.05, 3.63) is 0 Å². The molecule has 1 rings (SSSR count). The van der Waals surface area contributed by atoms with Crippen LogP contribution in [0.1, 0.15) is 26.2 Å². The van der Waals surface area contributed by atoms with Crippen molar-refractivity contribution in [3.8, 4) is 0 Å². The molecule has 3 nitrogen and oxygen atoms in total. The van der Waals surface area contributed by atoms with E-state index in [-0.39, 0.29) is 18.1 Å². The fourth-order valence-corrected chi connectivity index (χ4v) is 1.34. The van der Waals surface area contributed by atoms with Crippen LogP contribution in [0.2, 0.25) is 0 Å². The topological polar surface area (TPSA) is 38.3 Å². The van der Waals surface area contributed by atoms with Crippen molar-refractivity contribution >= 4 is 5.91 Å². The lowest BCUT2D eigenvalue weighted by atomic mass is 9.78. The van der Waals surface area contributed by atoms with Crippen LogP contribution in [0.5, 0.6) is 0 Å². The third-order valence-corrected chi connectivity index (χ3v) is 2.17. The van der Waals surface area contributed by atoms with E-state index in [1.807, 2.05) is 0 Å². The normalized spacial score (nSPS) is 20.5. The summed E-state index contributed by atoms with van der Waals surface area (Å²) in [7, 11) is 1.53. The quantitative estimate of drug-likeness (QED) is 0.654. The first-order valence-corrected chi connectivity index (χ1v) is 3.96. The van der Waals surface area contributed by atoms with Gasteiger partial charge in [-0.1, -0.05) is 0 Å². The van der Waals surface area contributed by atoms with Crippen LogP contribution in [-0.2, 0) is 9.53 Å². The molecule has 0 aliphatic heterocycles. The van der Waals surface area contributed by atoms with Crippen LogP contribution >= 0.6 is 0 Å². The number of carbonyl (C=O) groups excluding carboxylic acids is 1. The molecule has 3 heteroatoms. The maximum Gasteiger partial charge on any atom is 0.246 e. The Labute approximate surface area is 67.1 Å². The van der Waals surface area contributed by atoms with Crippen molar-refractivity contribution < 1.29 is 9.53 Å². The Morgan fingerprint density at radius 1 is 1.64 bits per heavy atom. The van der Waals surface area contributed by atoms with Crippen molar-refractivity contribution in [2.45, 2.75) is 31.7 Å². The lowest BCUT2D eigenvalue weighted by Crippen LogP contribution is -2.51. The number of methoxy groups -OCH3 is 1. The molecule has 0 aromatic rings. The van der Waals surface area contributed by atoms with Crippen LogP contribution in [0.25, 0.3) is 0 Å². The monoisotopic (exact) mass is 157 g/mol. The van der Waals surface area contributed by atoms with Gasteiger partial charge in [0, 0.05) is 12.6 Å². The number of amides is 1. The van der Waals surface area contributed by atoms with Gasteiger partial charge in [-0.25, -0.2) is 0 Å². The first kappa shape index (κ1) is 8.53. The molecule has 0 heterocycles. The molecule has 0 bridgehead atoms. The Kier molecular flexibility index (Phi) is 2.49. The highest BCUT2D eigenvalue weighted by atomic mass is 16.5. The Morgan fingerprint density at radius 3 is 2.64 bits per heavy atom. The maximum absolute atomic E-state index is 11.0. The summed E-state index contributed by atoms with van der Waals surface area (Å²) in [6.07, 6.45) is 3.43. The van der Waals surface area contributed by atoms with Gasteiger partial charge in [-0.3, -0.25) is 4.79 Å². The van der Waals surface area contributed by atoms with Crippen LogP contribution < -0.4 is 5.32 Å². The van der Waals surface area contributed by atoms with E-state index in [2.05, 4.69) is 12.2 Å². The van der Waals surface area contributed by atoms with E-state index in [4.69, 9.17) is 4.74 Å². The zero-order valence-corrected chi connectivity index (χ0v) is 7.14. The zero-order chi connectivity index (χ0) is 8.32. The van der Waals surface area contributed by atoms with Gasteiger partial charge in [-0.15, -0.1) is 0 Å². The molecule has 0 saturated heterocycles. The molecule has 0 aromatic carbocycles. The highest BCUT2D eigenvalue weighted by Gasteiger charge is 2.32. The molecule has 1 N–H and O–H groups in total. The molecule has 1 aliphatic carbocycles. The number of ether oxygens (including phenoxy) is 1. The van der Waals surface area contributed by atoms with Crippen LogP contribution in [-0.4, -0.2) is 25.2 Å². The lowest BCUT2D eigenvalue weighted by molar-refractivity contribution is -0.127. The minimum Gasteiger partial charge on any atom is -0.375 e. The predicted octanol–water partition coefficient (Wildman–Crippen LogP) is 0.692. The van der Waals surface area contributed by atoms with Gasteiger partial charge in [-0.05, 0) is 26.2 Å². The van der Waals surface area contributed by atoms with E-state index in [0.717, 1.165) is 12.8 Å². The molecular weight excluding hydrogens is 142 g/mol. The first-order valence-electron chi connectivity index (χ1n) is 3.96. The van der Waals surface area contributed by atoms with E-state index in [1.54, 1.807) is 0 Å². The summed E-state index contributed by atoms with van der Waals surface area (Å²) < 4.78 is 4.71. The second-order valence-corrected chi connectivity index (χ2v) is 3.40. The van der Waals surface area contributed by atoms with Gasteiger partial charge >= 0.3 is 0 Å². The highest BCUT2D eigenvalue weighted by Crippen LogP contribution is 2.30. The molecule has 11 heavy (non-hydrogen) atoms. The summed E-state index contributed by atoms with van der Waals surface area (Å²) in [6.45, 7) is 2.25. The van der Waals surface area contributed by atoms with Crippen LogP contribution in [0, 0.1) is 0 Å². The Hall–Kier alpha value is -0.570. The Balaban J connectivity index is 2.23. The number of carbonyl (C=O) groups is 1. The predicted molar refractivity (Wildman–Crippen MR) is 42.3 cm³/mol. The van der Waals surface area contributed by atoms with Gasteiger partial charge in [0.15, 0.2) is 0 Å². The number of hydrogen-bond acceptors (Lipinski definition) is 2. The van der Waals surface area contributed by atoms with Crippen molar-refractivity contribution in [3.63, 3.8) is 0 Å². The van der Waals surface area contributed by atoms with Crippen molar-refractivity contribution in [2.75, 3.05) is 13.7 Å². The second-order valence-electron chi connectivity index (χ2n) is 3.40. The fourth-order valence-electron chi connectivity index (χ4n) is 1.34. The van der Waals surface area contributed by atoms with Gasteiger partial charge in [0.25, 0.3) is 0 Å². The van der Waals surface area contributed by atoms with Crippen molar-refractivity contribution in [1.29, 1.82) is 0 Å². The standard InChI is InChI=1S/C8H15NO2/c1-8(4-3-5-8)9-7(10)6-11-2/h3-6H2,1-2H3,(H,9,10). The third kappa shape index (κ3) is 2.19. The fraction of sp³-hybridized carbons (Fsp3) is 0.875. The molecule has 0 aromatic heterocycles. The zero-order valence-electron chi connectivity index (χ0n) is 7.14. The van der Waals surface area contributed by atoms with Crippen LogP contribution in [0.4, 0.5) is 0 Å². The van der Waals surface area contributed by atoms with Crippen LogP contribution in [0.3, 0.4) is 0 Å². The summed E-state index contributed by atoms with van der Waals surface area (Å²) in [6, 6.07) is 0. The molecule has 0 radical (unpaired) electrons. The molecule has 0 unspecified atom stereocenters. The molecule has 1 fully saturated rings. The number of hydrogen-bond donors (Lipinski definition) is 1. The molecule has 1 saturated carbocycles. The van der Waals surface area contributed by atoms with Gasteiger partial charge in [0.2, 0.25) is 5.91 Å². The van der Waals surface area contributed by atoms with Gasteiger partial charge < -0.3 is 10.1 Å². The molecular formula is C8H15NO2. The molecule has 0 spiro atoms. The van der Waals surface area contributed by atoms with E-state index in [1.165, 1.54) is 13.5 Å². The molecule has 1 amide bonds. The summed E-state index contributed by atoms with van der Waals surface area (Å²) in [5.74, 6) is -0.00491. The van der Waals surface area contributed by atoms with Gasteiger partial charge in [-0.2, -0.15) is 0 Å². The number of rotatable bonds is 3. The average molecular weight is 157 g/mol. The SMILES string of the molecule is COCC(=O)NC1(C)CCC1. The Bertz CT molecular complexity index is 152. The molecule has 64 valence electrons. The van der Waals surface area contributed by atoms with E-state index in [9.17, 15) is 4.79 Å². The molecule has 0 atom stereocenters. The average Bonchev–Trinajstić information content (AvgIpc) is 1.85. The lowest BCUT2D eigenvalue weighted by Gasteiger charge is -2.39. The summed E-state index contributed by atoms with van der Waals surface area (Å²) in [5.41, 5.74) is 0.0651. The van der Waals surface area contributed by atoms with Gasteiger partial charge in [0.1, 0.15) is 6.61 Å². The van der Waals surface area contributed by atoms with E-state index in [0.29, 0.717) is 0 Å². The largest absolute Gasteiger partial charge is 0.375 e. The smallest absolute Gasteiger partial charge is 0.246 e. The van der Waals surface area contributed by atoms with Crippen molar-refractivity contribution in [1.82, 2.24) is 5.32 Å². The van der Waals surface area contributed by atoms with E-state index >= 15 is 0 Å². The third-order valence-electron chi connectivity index (χ3n) is 2.17. The van der Waals surface area contributed by atoms with E-state index < -0.39 is 0 Å².